The molecule has 5 heteroatoms. The molecule has 0 spiro atoms. The Morgan fingerprint density at radius 3 is 2.25 bits per heavy atom. The topological polar surface area (TPSA) is 82.9 Å². The van der Waals surface area contributed by atoms with Crippen LogP contribution in [0.4, 0.5) is 11.6 Å². The molecule has 1 aromatic carbocycles. The van der Waals surface area contributed by atoms with Crippen LogP contribution in [0.3, 0.4) is 0 Å². The molecule has 0 amide bonds. The lowest BCUT2D eigenvalue weighted by Gasteiger charge is -2.21. The van der Waals surface area contributed by atoms with E-state index in [9.17, 15) is 0 Å². The third-order valence-corrected chi connectivity index (χ3v) is 3.20. The van der Waals surface area contributed by atoms with Crippen molar-refractivity contribution >= 4 is 11.6 Å². The van der Waals surface area contributed by atoms with Crippen molar-refractivity contribution in [3.05, 3.63) is 36.1 Å². The molecule has 0 aliphatic heterocycles. The first-order valence-electron chi connectivity index (χ1n) is 6.60. The molecule has 0 bridgehead atoms. The predicted octanol–water partition coefficient (Wildman–Crippen LogP) is 1.63. The monoisotopic (exact) mass is 276 g/mol. The molecule has 20 heavy (non-hydrogen) atoms. The second-order valence-corrected chi connectivity index (χ2v) is 4.55. The zero-order valence-corrected chi connectivity index (χ0v) is 11.5. The molecule has 0 unspecified atom stereocenters. The number of aryl methyl sites for hydroxylation is 1. The van der Waals surface area contributed by atoms with Crippen LogP contribution in [0.2, 0.25) is 0 Å². The number of hydrogen-bond donors (Lipinski definition) is 3. The van der Waals surface area contributed by atoms with Gasteiger partial charge in [0.05, 0.1) is 24.5 Å². The first kappa shape index (κ1) is 14.4. The minimum absolute atomic E-state index is 0.0200. The number of nitrogen functional groups attached to an aromatic ring is 1. The van der Waals surface area contributed by atoms with E-state index in [1.807, 2.05) is 30.3 Å². The van der Waals surface area contributed by atoms with Crippen LogP contribution in [-0.4, -0.2) is 36.5 Å². The zero-order chi connectivity index (χ0) is 14.5. The number of aliphatic hydroxyl groups excluding tert-OH is 2. The fourth-order valence-corrected chi connectivity index (χ4v) is 2.21. The van der Waals surface area contributed by atoms with Gasteiger partial charge in [-0.3, -0.25) is 0 Å². The highest BCUT2D eigenvalue weighted by Crippen LogP contribution is 2.40. The van der Waals surface area contributed by atoms with Gasteiger partial charge in [0, 0.05) is 13.1 Å². The first-order valence-corrected chi connectivity index (χ1v) is 6.60. The normalized spacial score (nSPS) is 10.8. The number of anilines is 2. The smallest absolute Gasteiger partial charge is 0.205 e. The zero-order valence-electron chi connectivity index (χ0n) is 11.5. The highest BCUT2D eigenvalue weighted by atomic mass is 16.4. The number of aliphatic hydroxyl groups is 2. The highest BCUT2D eigenvalue weighted by molar-refractivity contribution is 5.87. The van der Waals surface area contributed by atoms with Crippen LogP contribution < -0.4 is 10.6 Å². The molecule has 0 aliphatic carbocycles. The van der Waals surface area contributed by atoms with Gasteiger partial charge in [-0.25, -0.2) is 0 Å². The Morgan fingerprint density at radius 1 is 1.10 bits per heavy atom. The van der Waals surface area contributed by atoms with E-state index in [0.29, 0.717) is 30.4 Å². The van der Waals surface area contributed by atoms with Gasteiger partial charge in [-0.1, -0.05) is 30.3 Å². The van der Waals surface area contributed by atoms with Crippen molar-refractivity contribution in [2.45, 2.75) is 6.92 Å². The summed E-state index contributed by atoms with van der Waals surface area (Å²) < 4.78 is 5.75. The van der Waals surface area contributed by atoms with E-state index in [0.717, 1.165) is 11.1 Å². The van der Waals surface area contributed by atoms with Crippen LogP contribution in [0.1, 0.15) is 5.76 Å². The second-order valence-electron chi connectivity index (χ2n) is 4.55. The van der Waals surface area contributed by atoms with E-state index < -0.39 is 0 Å². The summed E-state index contributed by atoms with van der Waals surface area (Å²) in [6.07, 6.45) is 0. The van der Waals surface area contributed by atoms with Crippen LogP contribution in [0.25, 0.3) is 11.1 Å². The fourth-order valence-electron chi connectivity index (χ4n) is 2.21. The van der Waals surface area contributed by atoms with Crippen LogP contribution in [0.15, 0.2) is 34.7 Å². The Bertz CT molecular complexity index is 546. The largest absolute Gasteiger partial charge is 0.443 e. The van der Waals surface area contributed by atoms with Crippen molar-refractivity contribution in [1.29, 1.82) is 0 Å². The summed E-state index contributed by atoms with van der Waals surface area (Å²) in [6.45, 7) is 2.53. The van der Waals surface area contributed by atoms with Gasteiger partial charge in [0.2, 0.25) is 5.88 Å². The standard InChI is InChI=1S/C15H20N2O3/c1-11-14(16)13(12-5-3-2-4-6-12)15(20-11)17(7-9-18)8-10-19/h2-6,18-19H,7-10,16H2,1H3. The Balaban J connectivity index is 2.50. The maximum atomic E-state index is 9.17. The van der Waals surface area contributed by atoms with Crippen molar-refractivity contribution < 1.29 is 14.6 Å². The molecular formula is C15H20N2O3. The van der Waals surface area contributed by atoms with Crippen LogP contribution in [0.5, 0.6) is 0 Å². The lowest BCUT2D eigenvalue weighted by molar-refractivity contribution is 0.277. The molecule has 0 radical (unpaired) electrons. The van der Waals surface area contributed by atoms with E-state index >= 15 is 0 Å². The van der Waals surface area contributed by atoms with E-state index in [1.165, 1.54) is 0 Å². The molecule has 1 heterocycles. The number of nitrogens with zero attached hydrogens (tertiary/aromatic N) is 1. The molecule has 0 aliphatic rings. The second kappa shape index (κ2) is 6.45. The average Bonchev–Trinajstić information content (AvgIpc) is 2.75. The molecule has 1 aromatic heterocycles. The maximum absolute atomic E-state index is 9.17. The fraction of sp³-hybridized carbons (Fsp3) is 0.333. The molecule has 4 N–H and O–H groups in total. The number of rotatable bonds is 6. The summed E-state index contributed by atoms with van der Waals surface area (Å²) in [4.78, 5) is 1.80. The minimum atomic E-state index is -0.0200. The van der Waals surface area contributed by atoms with E-state index in [2.05, 4.69) is 0 Å². The van der Waals surface area contributed by atoms with E-state index in [1.54, 1.807) is 11.8 Å². The van der Waals surface area contributed by atoms with Gasteiger partial charge in [-0.15, -0.1) is 0 Å². The molecule has 0 atom stereocenters. The van der Waals surface area contributed by atoms with Gasteiger partial charge < -0.3 is 25.3 Å². The molecule has 0 saturated heterocycles. The summed E-state index contributed by atoms with van der Waals surface area (Å²) >= 11 is 0. The maximum Gasteiger partial charge on any atom is 0.205 e. The van der Waals surface area contributed by atoms with Crippen molar-refractivity contribution in [3.8, 4) is 11.1 Å². The van der Waals surface area contributed by atoms with Crippen molar-refractivity contribution in [2.24, 2.45) is 0 Å². The number of nitrogens with two attached hydrogens (primary N) is 1. The van der Waals surface area contributed by atoms with Gasteiger partial charge in [0.1, 0.15) is 5.76 Å². The number of hydrogen-bond acceptors (Lipinski definition) is 5. The Kier molecular flexibility index (Phi) is 4.65. The quantitative estimate of drug-likeness (QED) is 0.747. The number of benzene rings is 1. The first-order chi connectivity index (χ1) is 9.69. The third-order valence-electron chi connectivity index (χ3n) is 3.20. The van der Waals surface area contributed by atoms with E-state index in [-0.39, 0.29) is 13.2 Å². The van der Waals surface area contributed by atoms with E-state index in [4.69, 9.17) is 20.4 Å². The lowest BCUT2D eigenvalue weighted by atomic mass is 10.1. The van der Waals surface area contributed by atoms with Crippen molar-refractivity contribution in [3.63, 3.8) is 0 Å². The summed E-state index contributed by atoms with van der Waals surface area (Å²) in [6, 6.07) is 9.72. The molecule has 2 rings (SSSR count). The van der Waals surface area contributed by atoms with Gasteiger partial charge in [-0.2, -0.15) is 0 Å². The van der Waals surface area contributed by atoms with Crippen LogP contribution in [0, 0.1) is 6.92 Å². The van der Waals surface area contributed by atoms with Gasteiger partial charge in [-0.05, 0) is 12.5 Å². The summed E-state index contributed by atoms with van der Waals surface area (Å²) in [5.41, 5.74) is 8.48. The molecule has 2 aromatic rings. The van der Waals surface area contributed by atoms with Crippen LogP contribution >= 0.6 is 0 Å². The Labute approximate surface area is 118 Å². The Hall–Kier alpha value is -1.98. The third kappa shape index (κ3) is 2.79. The molecule has 0 saturated carbocycles. The van der Waals surface area contributed by atoms with Crippen LogP contribution in [-0.2, 0) is 0 Å². The van der Waals surface area contributed by atoms with Gasteiger partial charge in [0.15, 0.2) is 0 Å². The summed E-state index contributed by atoms with van der Waals surface area (Å²) in [5.74, 6) is 1.23. The molecular weight excluding hydrogens is 256 g/mol. The van der Waals surface area contributed by atoms with Gasteiger partial charge >= 0.3 is 0 Å². The minimum Gasteiger partial charge on any atom is -0.443 e. The highest BCUT2D eigenvalue weighted by Gasteiger charge is 2.21. The van der Waals surface area contributed by atoms with Gasteiger partial charge in [0.25, 0.3) is 0 Å². The van der Waals surface area contributed by atoms with Crippen molar-refractivity contribution in [1.82, 2.24) is 0 Å². The summed E-state index contributed by atoms with van der Waals surface area (Å²) in [5, 5.41) is 18.3. The predicted molar refractivity (Wildman–Crippen MR) is 79.7 cm³/mol. The lowest BCUT2D eigenvalue weighted by Crippen LogP contribution is -2.29. The average molecular weight is 276 g/mol. The molecule has 108 valence electrons. The summed E-state index contributed by atoms with van der Waals surface area (Å²) in [7, 11) is 0. The molecule has 0 fully saturated rings. The molecule has 5 nitrogen and oxygen atoms in total. The Morgan fingerprint density at radius 2 is 1.70 bits per heavy atom. The SMILES string of the molecule is Cc1oc(N(CCO)CCO)c(-c2ccccc2)c1N. The van der Waals surface area contributed by atoms with Crippen molar-refractivity contribution in [2.75, 3.05) is 36.9 Å². The number of furan rings is 1.